The molecule has 0 saturated heterocycles. The molecule has 128 valence electrons. The molecule has 1 aliphatic rings. The summed E-state index contributed by atoms with van der Waals surface area (Å²) in [6, 6.07) is 15.0. The Morgan fingerprint density at radius 3 is 2.31 bits per heavy atom. The minimum atomic E-state index is -0.936. The van der Waals surface area contributed by atoms with Gasteiger partial charge in [-0.2, -0.15) is 0 Å². The van der Waals surface area contributed by atoms with E-state index in [-0.39, 0.29) is 0 Å². The van der Waals surface area contributed by atoms with E-state index in [1.165, 1.54) is 6.92 Å². The normalized spacial score (nSPS) is 14.4. The van der Waals surface area contributed by atoms with Gasteiger partial charge in [0.25, 0.3) is 11.8 Å². The summed E-state index contributed by atoms with van der Waals surface area (Å²) in [5, 5.41) is 3.62. The molecule has 4 rings (SSSR count). The molecule has 0 bridgehead atoms. The van der Waals surface area contributed by atoms with E-state index in [0.717, 1.165) is 15.8 Å². The van der Waals surface area contributed by atoms with Crippen molar-refractivity contribution in [2.75, 3.05) is 5.32 Å². The zero-order valence-electron chi connectivity index (χ0n) is 14.0. The first kappa shape index (κ1) is 16.0. The Labute approximate surface area is 149 Å². The van der Waals surface area contributed by atoms with Gasteiger partial charge in [0, 0.05) is 5.39 Å². The first-order valence-corrected chi connectivity index (χ1v) is 8.19. The van der Waals surface area contributed by atoms with E-state index in [0.29, 0.717) is 16.8 Å². The Bertz CT molecular complexity index is 1030. The number of hydrogen-bond acceptors (Lipinski definition) is 4. The minimum absolute atomic E-state index is 0.324. The summed E-state index contributed by atoms with van der Waals surface area (Å²) in [6.07, 6.45) is 1.55. The van der Waals surface area contributed by atoms with E-state index >= 15 is 0 Å². The maximum absolute atomic E-state index is 12.6. The molecule has 6 nitrogen and oxygen atoms in total. The average molecular weight is 345 g/mol. The molecule has 0 unspecified atom stereocenters. The van der Waals surface area contributed by atoms with Gasteiger partial charge < -0.3 is 5.32 Å². The maximum atomic E-state index is 12.6. The largest absolute Gasteiger partial charge is 0.323 e. The van der Waals surface area contributed by atoms with Crippen LogP contribution in [-0.4, -0.2) is 33.6 Å². The average Bonchev–Trinajstić information content (AvgIpc) is 2.92. The SMILES string of the molecule is C[C@@H](C(=O)Nc1cnc2ccccc2c1)N1C(=O)c2ccccc2C1=O. The van der Waals surface area contributed by atoms with Gasteiger partial charge in [-0.1, -0.05) is 30.3 Å². The lowest BCUT2D eigenvalue weighted by atomic mass is 10.1. The predicted octanol–water partition coefficient (Wildman–Crippen LogP) is 2.86. The zero-order valence-corrected chi connectivity index (χ0v) is 14.0. The van der Waals surface area contributed by atoms with Crippen LogP contribution in [0.15, 0.2) is 60.8 Å². The van der Waals surface area contributed by atoms with Crippen molar-refractivity contribution >= 4 is 34.3 Å². The third-order valence-electron chi connectivity index (χ3n) is 4.45. The summed E-state index contributed by atoms with van der Waals surface area (Å²) in [7, 11) is 0. The molecule has 2 aromatic carbocycles. The Hall–Kier alpha value is -3.54. The maximum Gasteiger partial charge on any atom is 0.262 e. The van der Waals surface area contributed by atoms with E-state index in [2.05, 4.69) is 10.3 Å². The molecule has 3 aromatic rings. The quantitative estimate of drug-likeness (QED) is 0.740. The fourth-order valence-electron chi connectivity index (χ4n) is 3.06. The number of nitrogens with zero attached hydrogens (tertiary/aromatic N) is 2. The van der Waals surface area contributed by atoms with Crippen LogP contribution in [0.25, 0.3) is 10.9 Å². The zero-order chi connectivity index (χ0) is 18.3. The number of imide groups is 1. The first-order chi connectivity index (χ1) is 12.6. The fourth-order valence-corrected chi connectivity index (χ4v) is 3.06. The van der Waals surface area contributed by atoms with Crippen LogP contribution in [0, 0.1) is 0 Å². The molecule has 1 aliphatic heterocycles. The molecule has 0 aliphatic carbocycles. The number of rotatable bonds is 3. The second kappa shape index (κ2) is 6.07. The van der Waals surface area contributed by atoms with Crippen LogP contribution >= 0.6 is 0 Å². The second-order valence-electron chi connectivity index (χ2n) is 6.11. The lowest BCUT2D eigenvalue weighted by molar-refractivity contribution is -0.119. The lowest BCUT2D eigenvalue weighted by Crippen LogP contribution is -2.45. The molecule has 0 fully saturated rings. The predicted molar refractivity (Wildman–Crippen MR) is 96.8 cm³/mol. The standard InChI is InChI=1S/C20H15N3O3/c1-12(23-19(25)15-7-3-4-8-16(15)20(23)26)18(24)22-14-10-13-6-2-5-9-17(13)21-11-14/h2-12H,1H3,(H,22,24)/t12-/m0/s1. The van der Waals surface area contributed by atoms with Crippen molar-refractivity contribution in [3.05, 3.63) is 71.9 Å². The highest BCUT2D eigenvalue weighted by molar-refractivity contribution is 6.23. The Morgan fingerprint density at radius 1 is 1.00 bits per heavy atom. The summed E-state index contributed by atoms with van der Waals surface area (Å²) in [4.78, 5) is 42.9. The van der Waals surface area contributed by atoms with Crippen LogP contribution in [0.5, 0.6) is 0 Å². The second-order valence-corrected chi connectivity index (χ2v) is 6.11. The monoisotopic (exact) mass is 345 g/mol. The van der Waals surface area contributed by atoms with Crippen molar-refractivity contribution in [2.45, 2.75) is 13.0 Å². The van der Waals surface area contributed by atoms with Crippen molar-refractivity contribution in [1.29, 1.82) is 0 Å². The van der Waals surface area contributed by atoms with Gasteiger partial charge >= 0.3 is 0 Å². The van der Waals surface area contributed by atoms with Crippen molar-refractivity contribution in [3.63, 3.8) is 0 Å². The van der Waals surface area contributed by atoms with E-state index in [1.54, 1.807) is 36.5 Å². The number of para-hydroxylation sites is 1. The van der Waals surface area contributed by atoms with Gasteiger partial charge in [-0.3, -0.25) is 24.3 Å². The van der Waals surface area contributed by atoms with E-state index < -0.39 is 23.8 Å². The summed E-state index contributed by atoms with van der Waals surface area (Å²) in [5.41, 5.74) is 1.98. The number of amides is 3. The minimum Gasteiger partial charge on any atom is -0.323 e. The fraction of sp³-hybridized carbons (Fsp3) is 0.100. The third-order valence-corrected chi connectivity index (χ3v) is 4.45. The van der Waals surface area contributed by atoms with Gasteiger partial charge in [0.15, 0.2) is 0 Å². The van der Waals surface area contributed by atoms with Crippen LogP contribution < -0.4 is 5.32 Å². The molecular weight excluding hydrogens is 330 g/mol. The summed E-state index contributed by atoms with van der Waals surface area (Å²) >= 11 is 0. The number of hydrogen-bond donors (Lipinski definition) is 1. The number of fused-ring (bicyclic) bond motifs is 2. The third kappa shape index (κ3) is 2.52. The highest BCUT2D eigenvalue weighted by Crippen LogP contribution is 2.25. The van der Waals surface area contributed by atoms with Crippen LogP contribution in [0.4, 0.5) is 5.69 Å². The molecule has 26 heavy (non-hydrogen) atoms. The Balaban J connectivity index is 1.56. The van der Waals surface area contributed by atoms with Crippen molar-refractivity contribution in [3.8, 4) is 0 Å². The van der Waals surface area contributed by atoms with Crippen molar-refractivity contribution in [2.24, 2.45) is 0 Å². The van der Waals surface area contributed by atoms with Crippen LogP contribution in [-0.2, 0) is 4.79 Å². The lowest BCUT2D eigenvalue weighted by Gasteiger charge is -2.21. The molecule has 1 aromatic heterocycles. The van der Waals surface area contributed by atoms with Crippen molar-refractivity contribution < 1.29 is 14.4 Å². The molecule has 6 heteroatoms. The van der Waals surface area contributed by atoms with Crippen molar-refractivity contribution in [1.82, 2.24) is 9.88 Å². The highest BCUT2D eigenvalue weighted by Gasteiger charge is 2.40. The Morgan fingerprint density at radius 2 is 1.62 bits per heavy atom. The molecule has 0 spiro atoms. The summed E-state index contributed by atoms with van der Waals surface area (Å²) < 4.78 is 0. The highest BCUT2D eigenvalue weighted by atomic mass is 16.2. The number of carbonyl (C=O) groups excluding carboxylic acids is 3. The smallest absolute Gasteiger partial charge is 0.262 e. The van der Waals surface area contributed by atoms with Gasteiger partial charge in [-0.15, -0.1) is 0 Å². The summed E-state index contributed by atoms with van der Waals surface area (Å²) in [6.45, 7) is 1.53. The number of nitrogens with one attached hydrogen (secondary N) is 1. The van der Waals surface area contributed by atoms with Gasteiger partial charge in [0.05, 0.1) is 28.5 Å². The Kier molecular flexibility index (Phi) is 3.73. The first-order valence-electron chi connectivity index (χ1n) is 8.19. The molecule has 1 atom stereocenters. The van der Waals surface area contributed by atoms with Gasteiger partial charge in [0.1, 0.15) is 6.04 Å². The van der Waals surface area contributed by atoms with Gasteiger partial charge in [0.2, 0.25) is 5.91 Å². The van der Waals surface area contributed by atoms with Gasteiger partial charge in [-0.25, -0.2) is 0 Å². The van der Waals surface area contributed by atoms with Gasteiger partial charge in [-0.05, 0) is 31.2 Å². The number of anilines is 1. The molecular formula is C20H15N3O3. The van der Waals surface area contributed by atoms with Crippen LogP contribution in [0.1, 0.15) is 27.6 Å². The van der Waals surface area contributed by atoms with E-state index in [1.807, 2.05) is 24.3 Å². The molecule has 1 N–H and O–H groups in total. The summed E-state index contributed by atoms with van der Waals surface area (Å²) in [5.74, 6) is -1.36. The topological polar surface area (TPSA) is 79.4 Å². The van der Waals surface area contributed by atoms with E-state index in [4.69, 9.17) is 0 Å². The molecule has 2 heterocycles. The number of carbonyl (C=O) groups is 3. The molecule has 3 amide bonds. The number of pyridine rings is 1. The molecule has 0 radical (unpaired) electrons. The molecule has 0 saturated carbocycles. The number of aromatic nitrogens is 1. The van der Waals surface area contributed by atoms with Crippen LogP contribution in [0.3, 0.4) is 0 Å². The van der Waals surface area contributed by atoms with Crippen LogP contribution in [0.2, 0.25) is 0 Å². The van der Waals surface area contributed by atoms with E-state index in [9.17, 15) is 14.4 Å². The number of benzene rings is 2.